The van der Waals surface area contributed by atoms with Crippen LogP contribution in [0.15, 0.2) is 48.5 Å². The lowest BCUT2D eigenvalue weighted by Gasteiger charge is -2.36. The Bertz CT molecular complexity index is 915. The van der Waals surface area contributed by atoms with E-state index in [9.17, 15) is 0 Å². The van der Waals surface area contributed by atoms with Crippen LogP contribution in [0.3, 0.4) is 0 Å². The smallest absolute Gasteiger partial charge is 0.186 e. The van der Waals surface area contributed by atoms with Crippen molar-refractivity contribution in [2.24, 2.45) is 11.7 Å². The van der Waals surface area contributed by atoms with E-state index in [4.69, 9.17) is 15.5 Å². The number of para-hydroxylation sites is 2. The molecule has 2 unspecified atom stereocenters. The summed E-state index contributed by atoms with van der Waals surface area (Å²) in [5, 5.41) is 1.15. The Hall–Kier alpha value is -2.11. The van der Waals surface area contributed by atoms with Crippen LogP contribution in [0.4, 0.5) is 5.13 Å². The van der Waals surface area contributed by atoms with Gasteiger partial charge in [0, 0.05) is 19.1 Å². The predicted molar refractivity (Wildman–Crippen MR) is 116 cm³/mol. The first-order valence-corrected chi connectivity index (χ1v) is 11.2. The molecule has 4 nitrogen and oxygen atoms in total. The zero-order valence-electron chi connectivity index (χ0n) is 16.1. The lowest BCUT2D eigenvalue weighted by Crippen LogP contribution is -2.43. The van der Waals surface area contributed by atoms with Crippen molar-refractivity contribution in [3.05, 3.63) is 54.1 Å². The maximum absolute atomic E-state index is 6.63. The summed E-state index contributed by atoms with van der Waals surface area (Å²) in [4.78, 5) is 7.25. The molecule has 1 fully saturated rings. The Balaban J connectivity index is 1.16. The van der Waals surface area contributed by atoms with Crippen molar-refractivity contribution in [1.82, 2.24) is 4.98 Å². The fraction of sp³-hybridized carbons (Fsp3) is 0.435. The molecule has 0 amide bonds. The Morgan fingerprint density at radius 2 is 1.86 bits per heavy atom. The largest absolute Gasteiger partial charge is 0.490 e. The molecule has 2 atom stereocenters. The third-order valence-corrected chi connectivity index (χ3v) is 7.33. The predicted octanol–water partition coefficient (Wildman–Crippen LogP) is 4.62. The molecule has 2 aromatic carbocycles. The zero-order chi connectivity index (χ0) is 18.9. The van der Waals surface area contributed by atoms with E-state index in [-0.39, 0.29) is 12.1 Å². The van der Waals surface area contributed by atoms with Crippen molar-refractivity contribution in [3.8, 4) is 5.75 Å². The Morgan fingerprint density at radius 3 is 2.71 bits per heavy atom. The molecule has 2 N–H and O–H groups in total. The van der Waals surface area contributed by atoms with Crippen molar-refractivity contribution in [2.45, 2.75) is 44.2 Å². The van der Waals surface area contributed by atoms with Gasteiger partial charge in [-0.2, -0.15) is 0 Å². The van der Waals surface area contributed by atoms with Crippen LogP contribution in [0.5, 0.6) is 5.75 Å². The van der Waals surface area contributed by atoms with E-state index in [1.54, 1.807) is 11.3 Å². The summed E-state index contributed by atoms with van der Waals surface area (Å²) in [5.74, 6) is 1.63. The first-order chi connectivity index (χ1) is 13.8. The summed E-state index contributed by atoms with van der Waals surface area (Å²) < 4.78 is 7.49. The Morgan fingerprint density at radius 1 is 1.07 bits per heavy atom. The molecule has 3 aromatic rings. The molecule has 0 bridgehead atoms. The highest BCUT2D eigenvalue weighted by atomic mass is 32.1. The number of aryl methyl sites for hydroxylation is 1. The molecule has 0 saturated carbocycles. The Kier molecular flexibility index (Phi) is 4.95. The molecular formula is C23H27N3OS. The topological polar surface area (TPSA) is 51.4 Å². The molecule has 28 heavy (non-hydrogen) atoms. The number of ether oxygens (including phenoxy) is 1. The van der Waals surface area contributed by atoms with Crippen LogP contribution in [-0.4, -0.2) is 30.2 Å². The number of hydrogen-bond donors (Lipinski definition) is 1. The van der Waals surface area contributed by atoms with Gasteiger partial charge in [0.25, 0.3) is 0 Å². The molecule has 3 heterocycles. The van der Waals surface area contributed by atoms with Gasteiger partial charge in [0.1, 0.15) is 11.9 Å². The van der Waals surface area contributed by atoms with Gasteiger partial charge in [-0.1, -0.05) is 41.7 Å². The second-order valence-electron chi connectivity index (χ2n) is 8.07. The van der Waals surface area contributed by atoms with Crippen molar-refractivity contribution in [1.29, 1.82) is 0 Å². The molecule has 0 aliphatic carbocycles. The molecule has 2 aliphatic heterocycles. The second kappa shape index (κ2) is 7.72. The summed E-state index contributed by atoms with van der Waals surface area (Å²) in [5.41, 5.74) is 9.07. The van der Waals surface area contributed by atoms with E-state index in [1.807, 2.05) is 0 Å². The van der Waals surface area contributed by atoms with Crippen LogP contribution >= 0.6 is 11.3 Å². The van der Waals surface area contributed by atoms with Gasteiger partial charge >= 0.3 is 0 Å². The number of hydrogen-bond acceptors (Lipinski definition) is 5. The summed E-state index contributed by atoms with van der Waals surface area (Å²) >= 11 is 1.80. The van der Waals surface area contributed by atoms with E-state index in [0.29, 0.717) is 5.92 Å². The molecule has 1 aromatic heterocycles. The van der Waals surface area contributed by atoms with Gasteiger partial charge in [-0.25, -0.2) is 4.98 Å². The van der Waals surface area contributed by atoms with Gasteiger partial charge < -0.3 is 15.4 Å². The third kappa shape index (κ3) is 3.61. The number of rotatable bonds is 4. The third-order valence-electron chi connectivity index (χ3n) is 6.24. The molecule has 146 valence electrons. The molecule has 5 heteroatoms. The fourth-order valence-electron chi connectivity index (χ4n) is 4.56. The van der Waals surface area contributed by atoms with Gasteiger partial charge in [-0.3, -0.25) is 0 Å². The van der Waals surface area contributed by atoms with Gasteiger partial charge in [-0.05, 0) is 61.8 Å². The number of nitrogens with two attached hydrogens (primary N) is 1. The number of benzene rings is 2. The van der Waals surface area contributed by atoms with Crippen LogP contribution in [0.1, 0.15) is 31.2 Å². The van der Waals surface area contributed by atoms with Crippen LogP contribution in [0.25, 0.3) is 10.2 Å². The van der Waals surface area contributed by atoms with E-state index in [2.05, 4.69) is 53.4 Å². The standard InChI is InChI=1S/C23H27N3OS/c24-19(15-18-10-9-17-5-1-3-7-21(17)27-18)16-11-13-26(14-12-16)23-25-20-6-2-4-8-22(20)28-23/h1-8,16,18-19H,9-15,24H2. The summed E-state index contributed by atoms with van der Waals surface area (Å²) in [6, 6.07) is 17.0. The number of anilines is 1. The number of piperidine rings is 1. The second-order valence-corrected chi connectivity index (χ2v) is 9.08. The van der Waals surface area contributed by atoms with Crippen LogP contribution in [-0.2, 0) is 6.42 Å². The minimum absolute atomic E-state index is 0.216. The minimum atomic E-state index is 0.216. The molecule has 0 radical (unpaired) electrons. The average Bonchev–Trinajstić information content (AvgIpc) is 3.18. The SMILES string of the molecule is NC(CC1CCc2ccccc2O1)C1CCN(c2nc3ccccc3s2)CC1. The normalized spacial score (nSPS) is 21.3. The molecule has 1 saturated heterocycles. The molecule has 0 spiro atoms. The lowest BCUT2D eigenvalue weighted by molar-refractivity contribution is 0.141. The minimum Gasteiger partial charge on any atom is -0.490 e. The molecule has 2 aliphatic rings. The fourth-order valence-corrected chi connectivity index (χ4v) is 5.57. The monoisotopic (exact) mass is 393 g/mol. The van der Waals surface area contributed by atoms with Crippen LogP contribution in [0, 0.1) is 5.92 Å². The number of aromatic nitrogens is 1. The van der Waals surface area contributed by atoms with Crippen LogP contribution in [0.2, 0.25) is 0 Å². The number of nitrogens with zero attached hydrogens (tertiary/aromatic N) is 2. The average molecular weight is 394 g/mol. The quantitative estimate of drug-likeness (QED) is 0.702. The lowest BCUT2D eigenvalue weighted by atomic mass is 9.85. The highest BCUT2D eigenvalue weighted by molar-refractivity contribution is 7.22. The number of fused-ring (bicyclic) bond motifs is 2. The first-order valence-electron chi connectivity index (χ1n) is 10.4. The molecular weight excluding hydrogens is 366 g/mol. The van der Waals surface area contributed by atoms with Gasteiger partial charge in [0.2, 0.25) is 0 Å². The van der Waals surface area contributed by atoms with Crippen LogP contribution < -0.4 is 15.4 Å². The van der Waals surface area contributed by atoms with Gasteiger partial charge in [0.15, 0.2) is 5.13 Å². The summed E-state index contributed by atoms with van der Waals surface area (Å²) in [7, 11) is 0. The molecule has 5 rings (SSSR count). The number of thiazole rings is 1. The maximum Gasteiger partial charge on any atom is 0.186 e. The van der Waals surface area contributed by atoms with Crippen molar-refractivity contribution < 1.29 is 4.74 Å². The van der Waals surface area contributed by atoms with Crippen molar-refractivity contribution >= 4 is 26.7 Å². The Labute approximate surface area is 170 Å². The summed E-state index contributed by atoms with van der Waals surface area (Å²) in [6.07, 6.45) is 5.67. The van der Waals surface area contributed by atoms with Gasteiger partial charge in [0.05, 0.1) is 10.2 Å². The van der Waals surface area contributed by atoms with Crippen molar-refractivity contribution in [3.63, 3.8) is 0 Å². The van der Waals surface area contributed by atoms with E-state index in [1.165, 1.54) is 10.3 Å². The van der Waals surface area contributed by atoms with E-state index in [0.717, 1.165) is 61.6 Å². The summed E-state index contributed by atoms with van der Waals surface area (Å²) in [6.45, 7) is 2.10. The van der Waals surface area contributed by atoms with Gasteiger partial charge in [-0.15, -0.1) is 0 Å². The first kappa shape index (κ1) is 18.0. The highest BCUT2D eigenvalue weighted by Gasteiger charge is 2.29. The van der Waals surface area contributed by atoms with E-state index < -0.39 is 0 Å². The maximum atomic E-state index is 6.63. The highest BCUT2D eigenvalue weighted by Crippen LogP contribution is 2.33. The zero-order valence-corrected chi connectivity index (χ0v) is 16.9. The van der Waals surface area contributed by atoms with Crippen molar-refractivity contribution in [2.75, 3.05) is 18.0 Å². The van der Waals surface area contributed by atoms with E-state index >= 15 is 0 Å².